The number of anilines is 2. The molecule has 2 aromatic carbocycles. The molecule has 6 nitrogen and oxygen atoms in total. The molecule has 0 heterocycles. The topological polar surface area (TPSA) is 59.1 Å². The van der Waals surface area contributed by atoms with Crippen LogP contribution < -0.4 is 9.80 Å². The van der Waals surface area contributed by atoms with Crippen LogP contribution >= 0.6 is 0 Å². The fourth-order valence-electron chi connectivity index (χ4n) is 2.40. The minimum Gasteiger partial charge on any atom is -0.462 e. The summed E-state index contributed by atoms with van der Waals surface area (Å²) in [6.45, 7) is 4.78. The van der Waals surface area contributed by atoms with Gasteiger partial charge in [-0.05, 0) is 61.9 Å². The predicted octanol–water partition coefficient (Wildman–Crippen LogP) is 4.64. The van der Waals surface area contributed by atoms with Crippen LogP contribution in [0.15, 0.2) is 48.5 Å². The summed E-state index contributed by atoms with van der Waals surface area (Å²) in [6, 6.07) is 14.7. The van der Waals surface area contributed by atoms with Crippen molar-refractivity contribution in [2.24, 2.45) is 0 Å². The van der Waals surface area contributed by atoms with Crippen LogP contribution in [0.4, 0.5) is 11.4 Å². The summed E-state index contributed by atoms with van der Waals surface area (Å²) in [5.74, 6) is -0.503. The molecule has 6 heteroatoms. The normalized spacial score (nSPS) is 9.80. The summed E-state index contributed by atoms with van der Waals surface area (Å²) < 4.78 is 9.99. The first-order valence-electron chi connectivity index (χ1n) is 10.2. The number of carbonyl (C=O) groups excluding carboxylic acids is 2. The zero-order valence-corrected chi connectivity index (χ0v) is 19.0. The van der Waals surface area contributed by atoms with E-state index in [1.54, 1.807) is 31.2 Å². The molecule has 0 N–H and O–H groups in total. The average molecular weight is 415 g/mol. The number of rotatable bonds is 8. The molecule has 2 aromatic rings. The van der Waals surface area contributed by atoms with Crippen molar-refractivity contribution in [3.63, 3.8) is 0 Å². The van der Waals surface area contributed by atoms with Gasteiger partial charge in [-0.15, -0.1) is 0 Å². The molecule has 0 aliphatic rings. The number of hydrogen-bond donors (Lipinski definition) is 0. The fraction of sp³-hybridized carbons (Fsp3) is 0.417. The molecular formula is C24H34N2O4. The van der Waals surface area contributed by atoms with Gasteiger partial charge in [-0.25, -0.2) is 9.59 Å². The van der Waals surface area contributed by atoms with E-state index < -0.39 is 0 Å². The highest BCUT2D eigenvalue weighted by atomic mass is 16.5. The van der Waals surface area contributed by atoms with Gasteiger partial charge in [0.15, 0.2) is 0 Å². The molecule has 0 aliphatic heterocycles. The Morgan fingerprint density at radius 1 is 0.700 bits per heavy atom. The van der Waals surface area contributed by atoms with Gasteiger partial charge >= 0.3 is 11.9 Å². The number of benzene rings is 2. The number of carbonyl (C=O) groups is 2. The molecule has 0 radical (unpaired) electrons. The van der Waals surface area contributed by atoms with Gasteiger partial charge in [-0.2, -0.15) is 0 Å². The molecule has 164 valence electrons. The van der Waals surface area contributed by atoms with Gasteiger partial charge in [0, 0.05) is 39.6 Å². The summed E-state index contributed by atoms with van der Waals surface area (Å²) in [4.78, 5) is 26.8. The lowest BCUT2D eigenvalue weighted by molar-refractivity contribution is 0.0496. The Kier molecular flexibility index (Phi) is 11.0. The first kappa shape index (κ1) is 25.0. The number of hydrogen-bond acceptors (Lipinski definition) is 6. The van der Waals surface area contributed by atoms with E-state index in [0.29, 0.717) is 24.3 Å². The highest BCUT2D eigenvalue weighted by Crippen LogP contribution is 2.13. The van der Waals surface area contributed by atoms with Gasteiger partial charge in [-0.1, -0.05) is 13.3 Å². The lowest BCUT2D eigenvalue weighted by Gasteiger charge is -2.12. The Labute approximate surface area is 180 Å². The van der Waals surface area contributed by atoms with Crippen LogP contribution in [-0.4, -0.2) is 53.3 Å². The van der Waals surface area contributed by atoms with Crippen LogP contribution in [0.2, 0.25) is 0 Å². The Morgan fingerprint density at radius 2 is 1.10 bits per heavy atom. The molecule has 2 rings (SSSR count). The van der Waals surface area contributed by atoms with Gasteiger partial charge in [0.1, 0.15) is 0 Å². The Hall–Kier alpha value is -3.02. The van der Waals surface area contributed by atoms with E-state index in [4.69, 9.17) is 9.47 Å². The summed E-state index contributed by atoms with van der Waals surface area (Å²) in [6.07, 6.45) is 1.95. The van der Waals surface area contributed by atoms with E-state index in [-0.39, 0.29) is 11.9 Å². The fourth-order valence-corrected chi connectivity index (χ4v) is 2.40. The molecule has 0 saturated carbocycles. The molecule has 0 spiro atoms. The van der Waals surface area contributed by atoms with Crippen LogP contribution in [-0.2, 0) is 9.47 Å². The smallest absolute Gasteiger partial charge is 0.338 e. The van der Waals surface area contributed by atoms with Gasteiger partial charge in [0.2, 0.25) is 0 Å². The number of unbranched alkanes of at least 4 members (excludes halogenated alkanes) is 1. The first-order valence-corrected chi connectivity index (χ1v) is 10.2. The molecule has 0 unspecified atom stereocenters. The third-order valence-corrected chi connectivity index (χ3v) is 4.25. The quantitative estimate of drug-likeness (QED) is 0.463. The zero-order chi connectivity index (χ0) is 22.5. The Morgan fingerprint density at radius 3 is 1.43 bits per heavy atom. The van der Waals surface area contributed by atoms with Gasteiger partial charge < -0.3 is 19.3 Å². The predicted molar refractivity (Wildman–Crippen MR) is 123 cm³/mol. The number of ether oxygens (including phenoxy) is 2. The highest BCUT2D eigenvalue weighted by molar-refractivity contribution is 5.90. The highest BCUT2D eigenvalue weighted by Gasteiger charge is 2.07. The molecule has 30 heavy (non-hydrogen) atoms. The van der Waals surface area contributed by atoms with E-state index >= 15 is 0 Å². The number of esters is 2. The molecule has 0 aromatic heterocycles. The van der Waals surface area contributed by atoms with Crippen molar-refractivity contribution in [2.75, 3.05) is 51.2 Å². The van der Waals surface area contributed by atoms with Crippen molar-refractivity contribution in [3.05, 3.63) is 59.7 Å². The Balaban J connectivity index is 0.000000303. The summed E-state index contributed by atoms with van der Waals surface area (Å²) in [7, 11) is 7.85. The molecule has 0 fully saturated rings. The third-order valence-electron chi connectivity index (χ3n) is 4.25. The van der Waals surface area contributed by atoms with E-state index in [2.05, 4.69) is 6.92 Å². The molecular weight excluding hydrogens is 380 g/mol. The van der Waals surface area contributed by atoms with Crippen molar-refractivity contribution >= 4 is 23.3 Å². The SMILES string of the molecule is CCCCOC(=O)c1ccc(N(C)C)cc1.CCOC(=O)c1ccc(N(C)C)cc1. The zero-order valence-electron chi connectivity index (χ0n) is 19.0. The summed E-state index contributed by atoms with van der Waals surface area (Å²) >= 11 is 0. The minimum atomic E-state index is -0.266. The van der Waals surface area contributed by atoms with Crippen LogP contribution in [0, 0.1) is 0 Å². The largest absolute Gasteiger partial charge is 0.462 e. The lowest BCUT2D eigenvalue weighted by Crippen LogP contribution is -2.10. The second-order valence-corrected chi connectivity index (χ2v) is 7.09. The second kappa shape index (κ2) is 13.2. The van der Waals surface area contributed by atoms with Gasteiger partial charge in [-0.3, -0.25) is 0 Å². The molecule has 0 aliphatic carbocycles. The molecule has 0 saturated heterocycles. The third kappa shape index (κ3) is 8.55. The van der Waals surface area contributed by atoms with Gasteiger partial charge in [0.25, 0.3) is 0 Å². The molecule has 0 atom stereocenters. The summed E-state index contributed by atoms with van der Waals surface area (Å²) in [5, 5.41) is 0. The maximum absolute atomic E-state index is 11.6. The van der Waals surface area contributed by atoms with Gasteiger partial charge in [0.05, 0.1) is 24.3 Å². The maximum Gasteiger partial charge on any atom is 0.338 e. The van der Waals surface area contributed by atoms with Crippen molar-refractivity contribution in [1.29, 1.82) is 0 Å². The number of nitrogens with zero attached hydrogens (tertiary/aromatic N) is 2. The van der Waals surface area contributed by atoms with E-state index in [1.165, 1.54) is 0 Å². The van der Waals surface area contributed by atoms with Crippen LogP contribution in [0.5, 0.6) is 0 Å². The van der Waals surface area contributed by atoms with Crippen molar-refractivity contribution < 1.29 is 19.1 Å². The lowest BCUT2D eigenvalue weighted by atomic mass is 10.2. The molecule has 0 bridgehead atoms. The first-order chi connectivity index (χ1) is 14.3. The van der Waals surface area contributed by atoms with E-state index in [9.17, 15) is 9.59 Å². The van der Waals surface area contributed by atoms with Crippen molar-refractivity contribution in [2.45, 2.75) is 26.7 Å². The molecule has 0 amide bonds. The Bertz CT molecular complexity index is 769. The maximum atomic E-state index is 11.6. The van der Waals surface area contributed by atoms with E-state index in [1.807, 2.05) is 62.3 Å². The minimum absolute atomic E-state index is 0.237. The van der Waals surface area contributed by atoms with Crippen LogP contribution in [0.3, 0.4) is 0 Å². The summed E-state index contributed by atoms with van der Waals surface area (Å²) in [5.41, 5.74) is 3.35. The monoisotopic (exact) mass is 414 g/mol. The van der Waals surface area contributed by atoms with E-state index in [0.717, 1.165) is 24.2 Å². The average Bonchev–Trinajstić information content (AvgIpc) is 2.74. The second-order valence-electron chi connectivity index (χ2n) is 7.09. The van der Waals surface area contributed by atoms with Crippen molar-refractivity contribution in [1.82, 2.24) is 0 Å². The standard InChI is InChI=1S/C13H19NO2.C11H15NO2/c1-4-5-10-16-13(15)11-6-8-12(9-7-11)14(2)3;1-4-14-11(13)9-5-7-10(8-6-9)12(2)3/h6-9H,4-5,10H2,1-3H3;5-8H,4H2,1-3H3. The van der Waals surface area contributed by atoms with Crippen LogP contribution in [0.25, 0.3) is 0 Å². The van der Waals surface area contributed by atoms with Crippen LogP contribution in [0.1, 0.15) is 47.4 Å². The van der Waals surface area contributed by atoms with Crippen molar-refractivity contribution in [3.8, 4) is 0 Å².